The van der Waals surface area contributed by atoms with Crippen LogP contribution in [0.3, 0.4) is 0 Å². The molecular formula is C51H73N3O8S. The van der Waals surface area contributed by atoms with Crippen LogP contribution in [0.15, 0.2) is 84.3 Å². The lowest BCUT2D eigenvalue weighted by molar-refractivity contribution is -0.140. The van der Waals surface area contributed by atoms with Gasteiger partial charge >= 0.3 is 11.9 Å². The Bertz CT molecular complexity index is 1760. The topological polar surface area (TPSA) is 151 Å². The highest BCUT2D eigenvalue weighted by molar-refractivity contribution is 7.99. The second-order valence-corrected chi connectivity index (χ2v) is 17.5. The quantitative estimate of drug-likeness (QED) is 0.00980. The maximum atomic E-state index is 12.9. The number of rotatable bonds is 27. The smallest absolute Gasteiger partial charge is 0.330 e. The predicted molar refractivity (Wildman–Crippen MR) is 254 cm³/mol. The first-order valence-corrected chi connectivity index (χ1v) is 24.1. The van der Waals surface area contributed by atoms with Crippen molar-refractivity contribution < 1.29 is 38.0 Å². The monoisotopic (exact) mass is 888 g/mol. The van der Waals surface area contributed by atoms with Crippen molar-refractivity contribution in [1.82, 2.24) is 5.32 Å². The van der Waals surface area contributed by atoms with Crippen LogP contribution >= 0.6 is 11.8 Å². The number of esters is 2. The lowest BCUT2D eigenvalue weighted by Crippen LogP contribution is -2.27. The van der Waals surface area contributed by atoms with Gasteiger partial charge in [-0.25, -0.2) is 4.79 Å². The number of nitrogens with one attached hydrogen (secondary N) is 2. The Morgan fingerprint density at radius 2 is 1.54 bits per heavy atom. The fourth-order valence-corrected chi connectivity index (χ4v) is 8.83. The van der Waals surface area contributed by atoms with Crippen LogP contribution in [0.2, 0.25) is 0 Å². The molecule has 0 radical (unpaired) electrons. The van der Waals surface area contributed by atoms with Crippen molar-refractivity contribution in [2.24, 2.45) is 17.8 Å². The predicted octanol–water partition coefficient (Wildman–Crippen LogP) is 10.8. The summed E-state index contributed by atoms with van der Waals surface area (Å²) in [4.78, 5) is 25.0. The Morgan fingerprint density at radius 1 is 0.825 bits per heavy atom. The Hall–Kier alpha value is -4.36. The van der Waals surface area contributed by atoms with Gasteiger partial charge in [0, 0.05) is 48.0 Å². The molecule has 63 heavy (non-hydrogen) atoms. The van der Waals surface area contributed by atoms with Crippen molar-refractivity contribution in [1.29, 1.82) is 5.41 Å². The van der Waals surface area contributed by atoms with Gasteiger partial charge in [-0.3, -0.25) is 4.79 Å². The van der Waals surface area contributed by atoms with Gasteiger partial charge in [-0.15, -0.1) is 11.8 Å². The molecule has 0 saturated heterocycles. The highest BCUT2D eigenvalue weighted by atomic mass is 32.2. The van der Waals surface area contributed by atoms with Crippen molar-refractivity contribution in [3.63, 3.8) is 0 Å². The third kappa shape index (κ3) is 19.9. The number of para-hydroxylation sites is 1. The Kier molecular flexibility index (Phi) is 25.0. The Balaban J connectivity index is 0.000000429. The van der Waals surface area contributed by atoms with E-state index in [-0.39, 0.29) is 17.9 Å². The van der Waals surface area contributed by atoms with Crippen molar-refractivity contribution >= 4 is 35.6 Å². The number of nitrogen functional groups attached to an aromatic ring is 1. The molecule has 0 amide bonds. The summed E-state index contributed by atoms with van der Waals surface area (Å²) in [6.45, 7) is 10.1. The number of benzene rings is 3. The molecule has 0 aromatic heterocycles. The van der Waals surface area contributed by atoms with E-state index in [1.807, 2.05) is 36.4 Å². The molecule has 0 bridgehead atoms. The molecule has 3 aromatic rings. The van der Waals surface area contributed by atoms with Gasteiger partial charge in [0.05, 0.1) is 45.6 Å². The number of methoxy groups -OCH3 is 1. The molecule has 4 N–H and O–H groups in total. The molecule has 2 aliphatic rings. The standard InChI is InChI=1S/C39H53NO6.C12H20N2O2S/c1-3-9-29-10-14-31(15-11-29)33-18-23-37(34(26-33)27-40)45-28-30-12-16-32(17-13-30)39(42)46-36-21-19-35(20-22-36)43-24-7-5-6-8-25-44-38(41)4-2;1-15-8-9-16-7-6-14-10-17-12-5-3-2-4-11(12)13/h4,18-23,26-27,29-32,40H,2-3,5-17,24-25,28H2,1H3;2-5,14H,6-10,13H2,1H3. The number of thioether (sulfide) groups is 1. The average Bonchev–Trinajstić information content (AvgIpc) is 3.31. The van der Waals surface area contributed by atoms with Crippen molar-refractivity contribution in [3.05, 3.63) is 90.5 Å². The van der Waals surface area contributed by atoms with Crippen LogP contribution in [0, 0.1) is 23.2 Å². The first-order valence-electron chi connectivity index (χ1n) is 23.1. The summed E-state index contributed by atoms with van der Waals surface area (Å²) < 4.78 is 32.9. The zero-order valence-corrected chi connectivity index (χ0v) is 38.6. The zero-order chi connectivity index (χ0) is 44.9. The fourth-order valence-electron chi connectivity index (χ4n) is 8.01. The molecule has 2 aliphatic carbocycles. The molecule has 0 spiro atoms. The molecule has 0 heterocycles. The first kappa shape index (κ1) is 51.3. The second kappa shape index (κ2) is 30.7. The van der Waals surface area contributed by atoms with Crippen molar-refractivity contribution in [2.45, 2.75) is 108 Å². The van der Waals surface area contributed by atoms with Crippen molar-refractivity contribution in [2.75, 3.05) is 64.9 Å². The minimum Gasteiger partial charge on any atom is -0.494 e. The van der Waals surface area contributed by atoms with E-state index in [4.69, 9.17) is 39.6 Å². The van der Waals surface area contributed by atoms with Gasteiger partial charge in [0.25, 0.3) is 0 Å². The summed E-state index contributed by atoms with van der Waals surface area (Å²) in [6, 6.07) is 21.5. The molecule has 2 saturated carbocycles. The number of nitrogens with two attached hydrogens (primary N) is 1. The number of unbranched alkanes of at least 4 members (excludes halogenated alkanes) is 3. The first-order chi connectivity index (χ1) is 30.8. The summed E-state index contributed by atoms with van der Waals surface area (Å²) >= 11 is 1.70. The summed E-state index contributed by atoms with van der Waals surface area (Å²) in [5, 5.41) is 11.3. The lowest BCUT2D eigenvalue weighted by atomic mass is 9.77. The molecule has 2 fully saturated rings. The van der Waals surface area contributed by atoms with Gasteiger partial charge in [0.2, 0.25) is 0 Å². The number of hydrogen-bond donors (Lipinski definition) is 3. The van der Waals surface area contributed by atoms with E-state index >= 15 is 0 Å². The van der Waals surface area contributed by atoms with E-state index in [0.717, 1.165) is 97.4 Å². The van der Waals surface area contributed by atoms with Gasteiger partial charge in [0.15, 0.2) is 0 Å². The molecule has 0 atom stereocenters. The second-order valence-electron chi connectivity index (χ2n) is 16.4. The van der Waals surface area contributed by atoms with Crippen LogP contribution in [0.1, 0.15) is 114 Å². The fraction of sp³-hybridized carbons (Fsp3) is 0.549. The highest BCUT2D eigenvalue weighted by Gasteiger charge is 2.29. The Morgan fingerprint density at radius 3 is 2.24 bits per heavy atom. The zero-order valence-electron chi connectivity index (χ0n) is 37.8. The normalized spacial score (nSPS) is 18.3. The largest absolute Gasteiger partial charge is 0.494 e. The minimum absolute atomic E-state index is 0.101. The molecule has 12 heteroatoms. The summed E-state index contributed by atoms with van der Waals surface area (Å²) in [7, 11) is 1.67. The third-order valence-electron chi connectivity index (χ3n) is 11.7. The summed E-state index contributed by atoms with van der Waals surface area (Å²) in [6.07, 6.45) is 17.5. The van der Waals surface area contributed by atoms with Gasteiger partial charge in [-0.05, 0) is 149 Å². The number of carbonyl (C=O) groups excluding carboxylic acids is 2. The minimum atomic E-state index is -0.378. The molecule has 3 aromatic carbocycles. The van der Waals surface area contributed by atoms with E-state index in [1.54, 1.807) is 31.0 Å². The molecule has 11 nitrogen and oxygen atoms in total. The van der Waals surface area contributed by atoms with E-state index in [0.29, 0.717) is 57.2 Å². The van der Waals surface area contributed by atoms with Gasteiger partial charge < -0.3 is 44.9 Å². The molecular weight excluding hydrogens is 815 g/mol. The molecule has 346 valence electrons. The van der Waals surface area contributed by atoms with Crippen LogP contribution in [0.5, 0.6) is 17.2 Å². The Labute approximate surface area is 381 Å². The lowest BCUT2D eigenvalue weighted by Gasteiger charge is -2.29. The van der Waals surface area contributed by atoms with Crippen LogP contribution in [-0.2, 0) is 23.8 Å². The van der Waals surface area contributed by atoms with Gasteiger partial charge in [-0.2, -0.15) is 0 Å². The van der Waals surface area contributed by atoms with Gasteiger partial charge in [0.1, 0.15) is 17.2 Å². The van der Waals surface area contributed by atoms with E-state index < -0.39 is 0 Å². The highest BCUT2D eigenvalue weighted by Crippen LogP contribution is 2.39. The number of ether oxygens (including phenoxy) is 6. The van der Waals surface area contributed by atoms with Gasteiger partial charge in [-0.1, -0.05) is 44.5 Å². The van der Waals surface area contributed by atoms with Crippen molar-refractivity contribution in [3.8, 4) is 17.2 Å². The van der Waals surface area contributed by atoms with E-state index in [9.17, 15) is 9.59 Å². The van der Waals surface area contributed by atoms with E-state index in [1.165, 1.54) is 56.4 Å². The number of anilines is 1. The average molecular weight is 888 g/mol. The number of carbonyl (C=O) groups is 2. The molecule has 5 rings (SSSR count). The number of hydrogen-bond acceptors (Lipinski definition) is 12. The van der Waals surface area contributed by atoms with Crippen LogP contribution in [0.25, 0.3) is 0 Å². The van der Waals surface area contributed by atoms with E-state index in [2.05, 4.69) is 37.0 Å². The summed E-state index contributed by atoms with van der Waals surface area (Å²) in [5.74, 6) is 4.13. The van der Waals surface area contributed by atoms with Crippen LogP contribution in [-0.4, -0.2) is 77.3 Å². The van der Waals surface area contributed by atoms with Crippen LogP contribution < -0.4 is 25.3 Å². The summed E-state index contributed by atoms with van der Waals surface area (Å²) in [5.41, 5.74) is 8.87. The maximum absolute atomic E-state index is 12.9. The molecule has 0 unspecified atom stereocenters. The third-order valence-corrected chi connectivity index (χ3v) is 12.8. The molecule has 0 aliphatic heterocycles. The maximum Gasteiger partial charge on any atom is 0.330 e. The SMILES string of the molecule is C=CC(=O)OCCCCCCOc1ccc(OC(=O)C2CCC(COc3ccc(C4CCC(CCC)CC4)cc3C=N)CC2)cc1.COCCOCCNCSc1ccccc1N. The van der Waals surface area contributed by atoms with Crippen LogP contribution in [0.4, 0.5) is 5.69 Å².